The van der Waals surface area contributed by atoms with Crippen LogP contribution in [0.4, 0.5) is 10.1 Å². The van der Waals surface area contributed by atoms with Gasteiger partial charge in [-0.3, -0.25) is 4.79 Å². The number of ketones is 1. The molecule has 10 heteroatoms. The Morgan fingerprint density at radius 1 is 1.35 bits per heavy atom. The number of aliphatic imine (C=N–C) groups is 1. The standard InChI is InChI=1S/C13H16BrFN4O3S/c14-9-1-2-10(15)11(7-9)18-13(16)12(20)8-3-5-19(6-4-8)23(17,21)22/h1-2,7-8H,3-6H2,(H2,16,18)(H2,17,21,22). The number of nitrogens with two attached hydrogens (primary N) is 2. The molecular formula is C13H16BrFN4O3S. The molecule has 0 spiro atoms. The topological polar surface area (TPSA) is 119 Å². The molecule has 0 bridgehead atoms. The first-order chi connectivity index (χ1) is 10.7. The predicted octanol–water partition coefficient (Wildman–Crippen LogP) is 1.06. The maximum atomic E-state index is 13.6. The van der Waals surface area contributed by atoms with Crippen LogP contribution in [0.1, 0.15) is 12.8 Å². The summed E-state index contributed by atoms with van der Waals surface area (Å²) in [6, 6.07) is 4.14. The number of carbonyl (C=O) groups is 1. The van der Waals surface area contributed by atoms with Gasteiger partial charge in [-0.15, -0.1) is 0 Å². The highest BCUT2D eigenvalue weighted by Gasteiger charge is 2.30. The molecule has 4 N–H and O–H groups in total. The minimum absolute atomic E-state index is 0.0350. The molecule has 126 valence electrons. The van der Waals surface area contributed by atoms with Crippen molar-refractivity contribution in [1.82, 2.24) is 4.31 Å². The van der Waals surface area contributed by atoms with E-state index in [1.807, 2.05) is 0 Å². The highest BCUT2D eigenvalue weighted by atomic mass is 79.9. The molecule has 0 amide bonds. The molecule has 2 rings (SSSR count). The summed E-state index contributed by atoms with van der Waals surface area (Å²) in [5.41, 5.74) is 5.65. The first-order valence-corrected chi connectivity index (χ1v) is 9.09. The number of amidine groups is 1. The third-order valence-corrected chi connectivity index (χ3v) is 5.16. The van der Waals surface area contributed by atoms with Gasteiger partial charge in [0.1, 0.15) is 11.5 Å². The number of hydrogen-bond acceptors (Lipinski definition) is 4. The first kappa shape index (κ1) is 18.0. The summed E-state index contributed by atoms with van der Waals surface area (Å²) in [6.45, 7) is 0.293. The number of hydrogen-bond donors (Lipinski definition) is 2. The molecule has 1 fully saturated rings. The molecule has 0 radical (unpaired) electrons. The second kappa shape index (κ2) is 7.04. The second-order valence-corrected chi connectivity index (χ2v) is 7.64. The molecular weight excluding hydrogens is 391 g/mol. The molecule has 1 heterocycles. The largest absolute Gasteiger partial charge is 0.381 e. The zero-order valence-electron chi connectivity index (χ0n) is 12.1. The molecule has 0 aliphatic carbocycles. The van der Waals surface area contributed by atoms with E-state index in [1.165, 1.54) is 18.2 Å². The van der Waals surface area contributed by atoms with Crippen molar-refractivity contribution in [3.05, 3.63) is 28.5 Å². The fraction of sp³-hybridized carbons (Fsp3) is 0.385. The van der Waals surface area contributed by atoms with Crippen molar-refractivity contribution in [2.75, 3.05) is 13.1 Å². The minimum atomic E-state index is -3.75. The van der Waals surface area contributed by atoms with Crippen LogP contribution in [0.25, 0.3) is 0 Å². The van der Waals surface area contributed by atoms with Crippen molar-refractivity contribution in [2.24, 2.45) is 21.8 Å². The molecule has 0 unspecified atom stereocenters. The van der Waals surface area contributed by atoms with Gasteiger partial charge in [-0.2, -0.15) is 12.7 Å². The smallest absolute Gasteiger partial charge is 0.276 e. The second-order valence-electron chi connectivity index (χ2n) is 5.18. The number of rotatable bonds is 4. The van der Waals surface area contributed by atoms with E-state index in [9.17, 15) is 17.6 Å². The lowest BCUT2D eigenvalue weighted by molar-refractivity contribution is -0.117. The fourth-order valence-corrected chi connectivity index (χ4v) is 3.41. The van der Waals surface area contributed by atoms with Gasteiger partial charge in [-0.1, -0.05) is 15.9 Å². The summed E-state index contributed by atoms with van der Waals surface area (Å²) in [5, 5.41) is 5.04. The number of Topliss-reactive ketones (excluding diaryl/α,β-unsaturated/α-hetero) is 1. The van der Waals surface area contributed by atoms with E-state index in [4.69, 9.17) is 10.9 Å². The third kappa shape index (κ3) is 4.56. The van der Waals surface area contributed by atoms with Crippen LogP contribution in [-0.2, 0) is 15.0 Å². The van der Waals surface area contributed by atoms with Gasteiger partial charge in [0.05, 0.1) is 0 Å². The van der Waals surface area contributed by atoms with Crippen LogP contribution >= 0.6 is 15.9 Å². The van der Waals surface area contributed by atoms with Crippen LogP contribution in [-0.4, -0.2) is 37.4 Å². The molecule has 1 aromatic carbocycles. The monoisotopic (exact) mass is 406 g/mol. The highest BCUT2D eigenvalue weighted by molar-refractivity contribution is 9.10. The molecule has 7 nitrogen and oxygen atoms in total. The van der Waals surface area contributed by atoms with Crippen LogP contribution in [0.2, 0.25) is 0 Å². The summed E-state index contributed by atoms with van der Waals surface area (Å²) < 4.78 is 37.8. The summed E-state index contributed by atoms with van der Waals surface area (Å²) in [6.07, 6.45) is 0.596. The van der Waals surface area contributed by atoms with Crippen molar-refractivity contribution >= 4 is 43.4 Å². The fourth-order valence-electron chi connectivity index (χ4n) is 2.34. The minimum Gasteiger partial charge on any atom is -0.381 e. The lowest BCUT2D eigenvalue weighted by atomic mass is 9.93. The van der Waals surface area contributed by atoms with Crippen molar-refractivity contribution < 1.29 is 17.6 Å². The SMILES string of the molecule is NC(=Nc1cc(Br)ccc1F)C(=O)C1CCN(S(N)(=O)=O)CC1. The van der Waals surface area contributed by atoms with E-state index in [-0.39, 0.29) is 24.6 Å². The van der Waals surface area contributed by atoms with E-state index in [0.717, 1.165) is 4.31 Å². The van der Waals surface area contributed by atoms with Crippen molar-refractivity contribution in [2.45, 2.75) is 12.8 Å². The van der Waals surface area contributed by atoms with Crippen LogP contribution in [0, 0.1) is 11.7 Å². The van der Waals surface area contributed by atoms with Crippen molar-refractivity contribution in [3.63, 3.8) is 0 Å². The Morgan fingerprint density at radius 3 is 2.52 bits per heavy atom. The quantitative estimate of drug-likeness (QED) is 0.573. The zero-order valence-corrected chi connectivity index (χ0v) is 14.5. The molecule has 0 aromatic heterocycles. The first-order valence-electron chi connectivity index (χ1n) is 6.80. The molecule has 1 saturated heterocycles. The van der Waals surface area contributed by atoms with Gasteiger partial charge < -0.3 is 5.73 Å². The summed E-state index contributed by atoms with van der Waals surface area (Å²) >= 11 is 3.19. The summed E-state index contributed by atoms with van der Waals surface area (Å²) in [4.78, 5) is 16.1. The van der Waals surface area contributed by atoms with Crippen molar-refractivity contribution in [3.8, 4) is 0 Å². The Kier molecular flexibility index (Phi) is 5.50. The normalized spacial score (nSPS) is 18.1. The highest BCUT2D eigenvalue weighted by Crippen LogP contribution is 2.24. The summed E-state index contributed by atoms with van der Waals surface area (Å²) in [5.74, 6) is -1.76. The van der Waals surface area contributed by atoms with Gasteiger partial charge in [0.2, 0.25) is 5.78 Å². The van der Waals surface area contributed by atoms with Gasteiger partial charge in [-0.25, -0.2) is 14.5 Å². The number of piperidine rings is 1. The Hall–Kier alpha value is -1.36. The average molecular weight is 407 g/mol. The zero-order chi connectivity index (χ0) is 17.2. The van der Waals surface area contributed by atoms with Gasteiger partial charge >= 0.3 is 0 Å². The molecule has 1 aliphatic rings. The Bertz CT molecular complexity index is 746. The molecule has 1 aromatic rings. The van der Waals surface area contributed by atoms with E-state index in [1.54, 1.807) is 0 Å². The van der Waals surface area contributed by atoms with E-state index >= 15 is 0 Å². The van der Waals surface area contributed by atoms with E-state index in [2.05, 4.69) is 20.9 Å². The molecule has 0 saturated carbocycles. The van der Waals surface area contributed by atoms with Crippen LogP contribution in [0.15, 0.2) is 27.7 Å². The predicted molar refractivity (Wildman–Crippen MR) is 87.8 cm³/mol. The molecule has 1 aliphatic heterocycles. The lowest BCUT2D eigenvalue weighted by Crippen LogP contribution is -2.45. The number of benzene rings is 1. The lowest BCUT2D eigenvalue weighted by Gasteiger charge is -2.28. The summed E-state index contributed by atoms with van der Waals surface area (Å²) in [7, 11) is -3.75. The Morgan fingerprint density at radius 2 is 1.96 bits per heavy atom. The average Bonchev–Trinajstić information content (AvgIpc) is 2.49. The maximum absolute atomic E-state index is 13.6. The van der Waals surface area contributed by atoms with Crippen molar-refractivity contribution in [1.29, 1.82) is 0 Å². The number of nitrogens with zero attached hydrogens (tertiary/aromatic N) is 2. The van der Waals surface area contributed by atoms with Gasteiger partial charge in [0.15, 0.2) is 5.84 Å². The Balaban J connectivity index is 2.09. The van der Waals surface area contributed by atoms with Gasteiger partial charge in [0.25, 0.3) is 10.2 Å². The van der Waals surface area contributed by atoms with Crippen LogP contribution in [0.5, 0.6) is 0 Å². The maximum Gasteiger partial charge on any atom is 0.276 e. The third-order valence-electron chi connectivity index (χ3n) is 3.59. The van der Waals surface area contributed by atoms with Gasteiger partial charge in [0, 0.05) is 23.5 Å². The van der Waals surface area contributed by atoms with Crippen LogP contribution < -0.4 is 10.9 Å². The van der Waals surface area contributed by atoms with E-state index < -0.39 is 27.7 Å². The molecule has 23 heavy (non-hydrogen) atoms. The van der Waals surface area contributed by atoms with E-state index in [0.29, 0.717) is 17.3 Å². The Labute approximate surface area is 141 Å². The van der Waals surface area contributed by atoms with Crippen LogP contribution in [0.3, 0.4) is 0 Å². The number of carbonyl (C=O) groups excluding carboxylic acids is 1. The van der Waals surface area contributed by atoms with Gasteiger partial charge in [-0.05, 0) is 31.0 Å². The molecule has 0 atom stereocenters. The number of halogens is 2.